The lowest BCUT2D eigenvalue weighted by Crippen LogP contribution is -2.21. The van der Waals surface area contributed by atoms with Gasteiger partial charge in [0, 0.05) is 17.6 Å². The molecule has 1 saturated carbocycles. The van der Waals surface area contributed by atoms with Crippen LogP contribution >= 0.6 is 0 Å². The number of para-hydroxylation sites is 1. The van der Waals surface area contributed by atoms with Crippen LogP contribution in [-0.4, -0.2) is 33.8 Å². The van der Waals surface area contributed by atoms with Crippen LogP contribution in [0.25, 0.3) is 10.9 Å². The molecule has 104 valence electrons. The zero-order valence-corrected chi connectivity index (χ0v) is 10.9. The number of nitrogens with zero attached hydrogens (tertiary/aromatic N) is 1. The third-order valence-corrected chi connectivity index (χ3v) is 3.60. The second kappa shape index (κ2) is 5.09. The Balaban J connectivity index is 1.92. The summed E-state index contributed by atoms with van der Waals surface area (Å²) in [5, 5.41) is 23.0. The predicted molar refractivity (Wildman–Crippen MR) is 75.9 cm³/mol. The number of benzene rings is 1. The summed E-state index contributed by atoms with van der Waals surface area (Å²) in [6, 6.07) is 8.89. The molecule has 0 saturated heterocycles. The third kappa shape index (κ3) is 2.58. The van der Waals surface area contributed by atoms with E-state index in [0.29, 0.717) is 23.7 Å². The molecule has 1 aromatic carbocycles. The van der Waals surface area contributed by atoms with E-state index in [1.165, 1.54) is 6.07 Å². The van der Waals surface area contributed by atoms with Crippen LogP contribution in [0.15, 0.2) is 30.3 Å². The van der Waals surface area contributed by atoms with Gasteiger partial charge in [-0.15, -0.1) is 0 Å². The van der Waals surface area contributed by atoms with E-state index in [1.807, 2.05) is 18.2 Å². The molecule has 3 N–H and O–H groups in total. The fourth-order valence-corrected chi connectivity index (χ4v) is 2.29. The fourth-order valence-electron chi connectivity index (χ4n) is 2.29. The Bertz CT molecular complexity index is 653. The van der Waals surface area contributed by atoms with Crippen LogP contribution < -0.4 is 5.32 Å². The number of carbonyl (C=O) groups is 1. The lowest BCUT2D eigenvalue weighted by molar-refractivity contribution is 0.0691. The van der Waals surface area contributed by atoms with Gasteiger partial charge in [0.05, 0.1) is 11.6 Å². The Kier molecular flexibility index (Phi) is 3.28. The summed E-state index contributed by atoms with van der Waals surface area (Å²) < 4.78 is 0. The Hall–Kier alpha value is -2.14. The van der Waals surface area contributed by atoms with E-state index in [-0.39, 0.29) is 11.8 Å². The first kappa shape index (κ1) is 12.9. The lowest BCUT2D eigenvalue weighted by Gasteiger charge is -2.14. The summed E-state index contributed by atoms with van der Waals surface area (Å²) >= 11 is 0. The number of aliphatic hydroxyl groups excluding tert-OH is 1. The Labute approximate surface area is 116 Å². The van der Waals surface area contributed by atoms with E-state index in [4.69, 9.17) is 5.11 Å². The number of hydrogen-bond donors (Lipinski definition) is 3. The highest BCUT2D eigenvalue weighted by atomic mass is 16.4. The molecule has 2 aromatic rings. The van der Waals surface area contributed by atoms with Crippen molar-refractivity contribution in [3.05, 3.63) is 36.0 Å². The predicted octanol–water partition coefficient (Wildman–Crippen LogP) is 2.12. The second-order valence-corrected chi connectivity index (χ2v) is 5.16. The first-order chi connectivity index (χ1) is 9.65. The molecule has 5 heteroatoms. The van der Waals surface area contributed by atoms with Gasteiger partial charge in [-0.3, -0.25) is 0 Å². The van der Waals surface area contributed by atoms with E-state index >= 15 is 0 Å². The minimum absolute atomic E-state index is 0.00658. The van der Waals surface area contributed by atoms with Crippen LogP contribution in [-0.2, 0) is 0 Å². The van der Waals surface area contributed by atoms with Crippen molar-refractivity contribution >= 4 is 22.6 Å². The molecule has 1 atom stereocenters. The molecule has 0 bridgehead atoms. The van der Waals surface area contributed by atoms with Crippen molar-refractivity contribution in [3.63, 3.8) is 0 Å². The van der Waals surface area contributed by atoms with Crippen LogP contribution in [0, 0.1) is 5.92 Å². The molecule has 0 spiro atoms. The standard InChI is InChI=1S/C15H16N2O3/c18-14(9-5-6-9)8-16-12-7-13(15(19)20)17-11-4-2-1-3-10(11)12/h1-4,7,9,14,18H,5-6,8H2,(H,16,17)(H,19,20). The zero-order valence-electron chi connectivity index (χ0n) is 10.9. The van der Waals surface area contributed by atoms with Gasteiger partial charge in [-0.2, -0.15) is 0 Å². The van der Waals surface area contributed by atoms with Crippen molar-refractivity contribution in [2.45, 2.75) is 18.9 Å². The fraction of sp³-hybridized carbons (Fsp3) is 0.333. The number of fused-ring (bicyclic) bond motifs is 1. The number of hydrogen-bond acceptors (Lipinski definition) is 4. The molecule has 1 heterocycles. The number of rotatable bonds is 5. The number of nitrogens with one attached hydrogen (secondary N) is 1. The van der Waals surface area contributed by atoms with Gasteiger partial charge < -0.3 is 15.5 Å². The van der Waals surface area contributed by atoms with Gasteiger partial charge in [-0.05, 0) is 30.9 Å². The number of carboxylic acids is 1. The molecule has 1 aromatic heterocycles. The van der Waals surface area contributed by atoms with Crippen molar-refractivity contribution < 1.29 is 15.0 Å². The molecule has 0 aliphatic heterocycles. The molecule has 5 nitrogen and oxygen atoms in total. The minimum Gasteiger partial charge on any atom is -0.477 e. The third-order valence-electron chi connectivity index (χ3n) is 3.60. The molecule has 3 rings (SSSR count). The van der Waals surface area contributed by atoms with Crippen molar-refractivity contribution in [2.24, 2.45) is 5.92 Å². The summed E-state index contributed by atoms with van der Waals surface area (Å²) in [6.45, 7) is 0.428. The van der Waals surface area contributed by atoms with Crippen molar-refractivity contribution in [3.8, 4) is 0 Å². The molecule has 1 aliphatic carbocycles. The number of aromatic carboxylic acids is 1. The monoisotopic (exact) mass is 272 g/mol. The van der Waals surface area contributed by atoms with Gasteiger partial charge in [-0.1, -0.05) is 18.2 Å². The largest absolute Gasteiger partial charge is 0.477 e. The van der Waals surface area contributed by atoms with E-state index in [2.05, 4.69) is 10.3 Å². The van der Waals surface area contributed by atoms with Gasteiger partial charge in [0.15, 0.2) is 5.69 Å². The number of aromatic nitrogens is 1. The van der Waals surface area contributed by atoms with E-state index in [9.17, 15) is 9.90 Å². The molecular weight excluding hydrogens is 256 g/mol. The summed E-state index contributed by atoms with van der Waals surface area (Å²) in [5.41, 5.74) is 1.34. The molecule has 1 fully saturated rings. The summed E-state index contributed by atoms with van der Waals surface area (Å²) in [4.78, 5) is 15.2. The van der Waals surface area contributed by atoms with Gasteiger partial charge >= 0.3 is 5.97 Å². The van der Waals surface area contributed by atoms with Crippen molar-refractivity contribution in [1.29, 1.82) is 0 Å². The smallest absolute Gasteiger partial charge is 0.354 e. The van der Waals surface area contributed by atoms with Crippen LogP contribution in [0.1, 0.15) is 23.3 Å². The SMILES string of the molecule is O=C(O)c1cc(NCC(O)C2CC2)c2ccccc2n1. The lowest BCUT2D eigenvalue weighted by atomic mass is 10.1. The van der Waals surface area contributed by atoms with Crippen molar-refractivity contribution in [2.75, 3.05) is 11.9 Å². The van der Waals surface area contributed by atoms with E-state index in [0.717, 1.165) is 18.2 Å². The molecule has 0 radical (unpaired) electrons. The molecule has 1 aliphatic rings. The number of anilines is 1. The Morgan fingerprint density at radius 3 is 2.85 bits per heavy atom. The van der Waals surface area contributed by atoms with E-state index < -0.39 is 5.97 Å². The number of carboxylic acid groups (broad SMARTS) is 1. The maximum absolute atomic E-state index is 11.1. The first-order valence-electron chi connectivity index (χ1n) is 6.70. The van der Waals surface area contributed by atoms with Crippen LogP contribution in [0.5, 0.6) is 0 Å². The Morgan fingerprint density at radius 1 is 1.40 bits per heavy atom. The normalized spacial score (nSPS) is 16.1. The average Bonchev–Trinajstić information content (AvgIpc) is 3.28. The van der Waals surface area contributed by atoms with Gasteiger partial charge in [0.25, 0.3) is 0 Å². The highest BCUT2D eigenvalue weighted by Crippen LogP contribution is 2.33. The molecule has 20 heavy (non-hydrogen) atoms. The van der Waals surface area contributed by atoms with Gasteiger partial charge in [0.1, 0.15) is 0 Å². The highest BCUT2D eigenvalue weighted by Gasteiger charge is 2.29. The summed E-state index contributed by atoms with van der Waals surface area (Å²) in [7, 11) is 0. The zero-order chi connectivity index (χ0) is 14.1. The average molecular weight is 272 g/mol. The van der Waals surface area contributed by atoms with E-state index in [1.54, 1.807) is 6.07 Å². The van der Waals surface area contributed by atoms with Crippen LogP contribution in [0.3, 0.4) is 0 Å². The number of pyridine rings is 1. The minimum atomic E-state index is -1.05. The number of aliphatic hydroxyl groups is 1. The quantitative estimate of drug-likeness (QED) is 0.776. The topological polar surface area (TPSA) is 82.5 Å². The molecule has 1 unspecified atom stereocenters. The maximum Gasteiger partial charge on any atom is 0.354 e. The van der Waals surface area contributed by atoms with Gasteiger partial charge in [0.2, 0.25) is 0 Å². The van der Waals surface area contributed by atoms with Gasteiger partial charge in [-0.25, -0.2) is 9.78 Å². The summed E-state index contributed by atoms with van der Waals surface area (Å²) in [6.07, 6.45) is 1.76. The molecule has 0 amide bonds. The second-order valence-electron chi connectivity index (χ2n) is 5.16. The first-order valence-corrected chi connectivity index (χ1v) is 6.70. The van der Waals surface area contributed by atoms with Crippen LogP contribution in [0.4, 0.5) is 5.69 Å². The maximum atomic E-state index is 11.1. The molecular formula is C15H16N2O3. The highest BCUT2D eigenvalue weighted by molar-refractivity contribution is 5.97. The summed E-state index contributed by atoms with van der Waals surface area (Å²) in [5.74, 6) is -0.670. The van der Waals surface area contributed by atoms with Crippen molar-refractivity contribution in [1.82, 2.24) is 4.98 Å². The van der Waals surface area contributed by atoms with Crippen LogP contribution in [0.2, 0.25) is 0 Å². The Morgan fingerprint density at radius 2 is 2.15 bits per heavy atom.